The normalized spacial score (nSPS) is 28.1. The molecule has 0 aromatic rings. The molecule has 0 bridgehead atoms. The van der Waals surface area contributed by atoms with Gasteiger partial charge in [0.05, 0.1) is 5.60 Å². The van der Waals surface area contributed by atoms with Crippen LogP contribution in [0.2, 0.25) is 0 Å². The Hall–Kier alpha value is -0.0800. The number of rotatable bonds is 1. The minimum Gasteiger partial charge on any atom is -0.292 e. The van der Waals surface area contributed by atoms with Crippen LogP contribution in [0.5, 0.6) is 0 Å². The first-order valence-corrected chi connectivity index (χ1v) is 6.75. The zero-order chi connectivity index (χ0) is 13.7. The van der Waals surface area contributed by atoms with Crippen LogP contribution in [0.3, 0.4) is 0 Å². The molecule has 0 spiro atoms. The molecule has 17 heavy (non-hydrogen) atoms. The molecule has 2 nitrogen and oxygen atoms in total. The van der Waals surface area contributed by atoms with Crippen LogP contribution in [0.1, 0.15) is 75.2 Å². The highest BCUT2D eigenvalue weighted by molar-refractivity contribution is 5.00. The van der Waals surface area contributed by atoms with Crippen LogP contribution >= 0.6 is 0 Å². The van der Waals surface area contributed by atoms with E-state index in [1.54, 1.807) is 0 Å². The summed E-state index contributed by atoms with van der Waals surface area (Å²) < 4.78 is 0. The van der Waals surface area contributed by atoms with Gasteiger partial charge in [-0.15, -0.1) is 0 Å². The Morgan fingerprint density at radius 1 is 0.824 bits per heavy atom. The van der Waals surface area contributed by atoms with Crippen molar-refractivity contribution in [2.24, 2.45) is 5.41 Å². The highest BCUT2D eigenvalue weighted by Gasteiger charge is 2.50. The Kier molecular flexibility index (Phi) is 3.49. The van der Waals surface area contributed by atoms with Crippen LogP contribution in [0.25, 0.3) is 0 Å². The molecular formula is C15H31NO. The average molecular weight is 241 g/mol. The Labute approximate surface area is 108 Å². The van der Waals surface area contributed by atoms with Gasteiger partial charge in [-0.3, -0.25) is 4.84 Å². The topological polar surface area (TPSA) is 12.5 Å². The van der Waals surface area contributed by atoms with Gasteiger partial charge in [-0.2, -0.15) is 5.06 Å². The summed E-state index contributed by atoms with van der Waals surface area (Å²) in [5.74, 6) is 0. The highest BCUT2D eigenvalue weighted by atomic mass is 16.7. The molecule has 0 saturated carbocycles. The predicted molar refractivity (Wildman–Crippen MR) is 73.9 cm³/mol. The van der Waals surface area contributed by atoms with E-state index in [1.807, 2.05) is 0 Å². The maximum Gasteiger partial charge on any atom is 0.0816 e. The smallest absolute Gasteiger partial charge is 0.0816 e. The van der Waals surface area contributed by atoms with E-state index in [4.69, 9.17) is 4.84 Å². The van der Waals surface area contributed by atoms with Crippen LogP contribution < -0.4 is 0 Å². The summed E-state index contributed by atoms with van der Waals surface area (Å²) in [4.78, 5) is 6.24. The highest BCUT2D eigenvalue weighted by Crippen LogP contribution is 2.48. The molecule has 0 radical (unpaired) electrons. The van der Waals surface area contributed by atoms with Crippen LogP contribution in [-0.2, 0) is 4.84 Å². The molecule has 0 aliphatic carbocycles. The molecule has 0 aromatic carbocycles. The molecule has 0 atom stereocenters. The number of hydrogen-bond donors (Lipinski definition) is 0. The van der Waals surface area contributed by atoms with Crippen LogP contribution in [0, 0.1) is 5.41 Å². The first kappa shape index (κ1) is 15.0. The molecule has 1 rings (SSSR count). The van der Waals surface area contributed by atoms with Gasteiger partial charge in [-0.25, -0.2) is 0 Å². The third-order valence-corrected chi connectivity index (χ3v) is 3.29. The Balaban J connectivity index is 3.02. The van der Waals surface area contributed by atoms with E-state index < -0.39 is 0 Å². The first-order valence-electron chi connectivity index (χ1n) is 6.75. The van der Waals surface area contributed by atoms with E-state index in [1.165, 1.54) is 12.8 Å². The first-order chi connectivity index (χ1) is 7.25. The average Bonchev–Trinajstić information content (AvgIpc) is 1.90. The lowest BCUT2D eigenvalue weighted by Gasteiger charge is -2.58. The van der Waals surface area contributed by atoms with Gasteiger partial charge in [0, 0.05) is 11.1 Å². The van der Waals surface area contributed by atoms with E-state index >= 15 is 0 Å². The van der Waals surface area contributed by atoms with Gasteiger partial charge in [-0.05, 0) is 66.7 Å². The minimum atomic E-state index is -0.129. The number of hydroxylamine groups is 2. The quantitative estimate of drug-likeness (QED) is 0.675. The van der Waals surface area contributed by atoms with Crippen molar-refractivity contribution in [3.63, 3.8) is 0 Å². The number of hydrogen-bond acceptors (Lipinski definition) is 2. The molecular weight excluding hydrogens is 210 g/mol. The van der Waals surface area contributed by atoms with E-state index in [-0.39, 0.29) is 16.7 Å². The maximum atomic E-state index is 6.24. The molecule has 1 fully saturated rings. The molecule has 2 heteroatoms. The van der Waals surface area contributed by atoms with Gasteiger partial charge < -0.3 is 0 Å². The summed E-state index contributed by atoms with van der Waals surface area (Å²) in [6.45, 7) is 20.3. The summed E-state index contributed by atoms with van der Waals surface area (Å²) in [6.07, 6.45) is 2.33. The second kappa shape index (κ2) is 3.96. The molecule has 1 heterocycles. The molecule has 0 unspecified atom stereocenters. The summed E-state index contributed by atoms with van der Waals surface area (Å²) >= 11 is 0. The van der Waals surface area contributed by atoms with Gasteiger partial charge in [0.2, 0.25) is 0 Å². The maximum absolute atomic E-state index is 6.24. The van der Waals surface area contributed by atoms with E-state index in [0.717, 1.165) is 0 Å². The third-order valence-electron chi connectivity index (χ3n) is 3.29. The van der Waals surface area contributed by atoms with Crippen molar-refractivity contribution in [2.75, 3.05) is 0 Å². The molecule has 1 aliphatic rings. The fourth-order valence-corrected chi connectivity index (χ4v) is 3.89. The Morgan fingerprint density at radius 3 is 1.47 bits per heavy atom. The van der Waals surface area contributed by atoms with E-state index in [9.17, 15) is 0 Å². The standard InChI is InChI=1S/C15H31NO/c1-12(2,3)17-16-14(6,7)10-13(4,5)11-15(16,8)9/h10-11H2,1-9H3. The van der Waals surface area contributed by atoms with Crippen LogP contribution in [-0.4, -0.2) is 21.7 Å². The third kappa shape index (κ3) is 3.69. The summed E-state index contributed by atoms with van der Waals surface area (Å²) in [6, 6.07) is 0. The van der Waals surface area contributed by atoms with Gasteiger partial charge >= 0.3 is 0 Å². The molecule has 1 saturated heterocycles. The molecule has 0 amide bonds. The van der Waals surface area contributed by atoms with Crippen molar-refractivity contribution in [3.05, 3.63) is 0 Å². The van der Waals surface area contributed by atoms with Crippen LogP contribution in [0.15, 0.2) is 0 Å². The van der Waals surface area contributed by atoms with Gasteiger partial charge in [0.25, 0.3) is 0 Å². The van der Waals surface area contributed by atoms with Crippen molar-refractivity contribution in [1.82, 2.24) is 5.06 Å². The fourth-order valence-electron chi connectivity index (χ4n) is 3.89. The zero-order valence-corrected chi connectivity index (χ0v) is 13.3. The van der Waals surface area contributed by atoms with Crippen molar-refractivity contribution in [3.8, 4) is 0 Å². The molecule has 1 aliphatic heterocycles. The zero-order valence-electron chi connectivity index (χ0n) is 13.3. The summed E-state index contributed by atoms with van der Waals surface area (Å²) in [7, 11) is 0. The lowest BCUT2D eigenvalue weighted by molar-refractivity contribution is -0.335. The molecule has 102 valence electrons. The van der Waals surface area contributed by atoms with Gasteiger partial charge in [0.15, 0.2) is 0 Å². The van der Waals surface area contributed by atoms with Crippen molar-refractivity contribution in [1.29, 1.82) is 0 Å². The summed E-state index contributed by atoms with van der Waals surface area (Å²) in [5.41, 5.74) is 0.415. The predicted octanol–water partition coefficient (Wildman–Crippen LogP) is 4.40. The SMILES string of the molecule is CC1(C)CC(C)(C)N(OC(C)(C)C)C(C)(C)C1. The van der Waals surface area contributed by atoms with E-state index in [2.05, 4.69) is 67.4 Å². The fraction of sp³-hybridized carbons (Fsp3) is 1.00. The monoisotopic (exact) mass is 241 g/mol. The Morgan fingerprint density at radius 2 is 1.18 bits per heavy atom. The summed E-state index contributed by atoms with van der Waals surface area (Å²) in [5, 5.41) is 2.24. The van der Waals surface area contributed by atoms with Crippen molar-refractivity contribution >= 4 is 0 Å². The van der Waals surface area contributed by atoms with Gasteiger partial charge in [-0.1, -0.05) is 13.8 Å². The number of nitrogens with zero attached hydrogens (tertiary/aromatic N) is 1. The second-order valence-electron chi connectivity index (χ2n) is 8.64. The van der Waals surface area contributed by atoms with Crippen LogP contribution in [0.4, 0.5) is 0 Å². The lowest BCUT2D eigenvalue weighted by atomic mass is 9.67. The number of piperidine rings is 1. The second-order valence-corrected chi connectivity index (χ2v) is 8.64. The molecule has 0 aromatic heterocycles. The van der Waals surface area contributed by atoms with Gasteiger partial charge in [0.1, 0.15) is 0 Å². The molecule has 0 N–H and O–H groups in total. The lowest BCUT2D eigenvalue weighted by Crippen LogP contribution is -2.63. The largest absolute Gasteiger partial charge is 0.292 e. The van der Waals surface area contributed by atoms with E-state index in [0.29, 0.717) is 5.41 Å². The van der Waals surface area contributed by atoms with Crippen molar-refractivity contribution < 1.29 is 4.84 Å². The minimum absolute atomic E-state index is 0.0819. The van der Waals surface area contributed by atoms with Crippen molar-refractivity contribution in [2.45, 2.75) is 91.8 Å². The Bertz CT molecular complexity index is 264.